The fraction of sp³-hybridized carbons (Fsp3) is 0.467. The summed E-state index contributed by atoms with van der Waals surface area (Å²) in [5.41, 5.74) is 0.940. The third-order valence-corrected chi connectivity index (χ3v) is 3.68. The molecular formula is C15H19N3O2. The molecule has 1 saturated heterocycles. The Balaban J connectivity index is 1.69. The van der Waals surface area contributed by atoms with Crippen LogP contribution < -0.4 is 4.74 Å². The number of ether oxygens (including phenoxy) is 1. The standard InChI is InChI=1S/C15H19N3O2/c1-11-7-8-18(9-11)10-14-16-15(17-20-14)12-3-5-13(19-2)6-4-12/h3-6,11H,7-10H2,1-2H3. The van der Waals surface area contributed by atoms with Crippen molar-refractivity contribution in [3.63, 3.8) is 0 Å². The zero-order chi connectivity index (χ0) is 13.9. The van der Waals surface area contributed by atoms with Crippen molar-refractivity contribution in [3.8, 4) is 17.1 Å². The summed E-state index contributed by atoms with van der Waals surface area (Å²) in [4.78, 5) is 6.82. The second kappa shape index (κ2) is 5.63. The van der Waals surface area contributed by atoms with Crippen molar-refractivity contribution >= 4 is 0 Å². The molecular weight excluding hydrogens is 254 g/mol. The third-order valence-electron chi connectivity index (χ3n) is 3.68. The molecule has 1 aliphatic rings. The van der Waals surface area contributed by atoms with Gasteiger partial charge in [0.25, 0.3) is 0 Å². The van der Waals surface area contributed by atoms with E-state index in [9.17, 15) is 0 Å². The maximum atomic E-state index is 5.34. The fourth-order valence-corrected chi connectivity index (χ4v) is 2.54. The van der Waals surface area contributed by atoms with Gasteiger partial charge < -0.3 is 9.26 Å². The number of benzene rings is 1. The van der Waals surface area contributed by atoms with Gasteiger partial charge in [0.1, 0.15) is 5.75 Å². The van der Waals surface area contributed by atoms with Crippen LogP contribution in [-0.2, 0) is 6.54 Å². The molecule has 1 atom stereocenters. The Morgan fingerprint density at radius 3 is 2.80 bits per heavy atom. The lowest BCUT2D eigenvalue weighted by Crippen LogP contribution is -2.19. The van der Waals surface area contributed by atoms with E-state index in [4.69, 9.17) is 9.26 Å². The number of hydrogen-bond acceptors (Lipinski definition) is 5. The SMILES string of the molecule is COc1ccc(-c2noc(CN3CCC(C)C3)n2)cc1. The molecule has 3 rings (SSSR count). The van der Waals surface area contributed by atoms with Crippen LogP contribution in [0.25, 0.3) is 11.4 Å². The van der Waals surface area contributed by atoms with Gasteiger partial charge in [-0.1, -0.05) is 12.1 Å². The van der Waals surface area contributed by atoms with Crippen molar-refractivity contribution in [3.05, 3.63) is 30.2 Å². The smallest absolute Gasteiger partial charge is 0.241 e. The van der Waals surface area contributed by atoms with Crippen molar-refractivity contribution < 1.29 is 9.26 Å². The molecule has 1 unspecified atom stereocenters. The highest BCUT2D eigenvalue weighted by atomic mass is 16.5. The van der Waals surface area contributed by atoms with E-state index in [-0.39, 0.29) is 0 Å². The molecule has 0 amide bonds. The highest BCUT2D eigenvalue weighted by Gasteiger charge is 2.21. The van der Waals surface area contributed by atoms with Gasteiger partial charge in [-0.2, -0.15) is 4.98 Å². The van der Waals surface area contributed by atoms with E-state index < -0.39 is 0 Å². The zero-order valence-electron chi connectivity index (χ0n) is 11.9. The van der Waals surface area contributed by atoms with Crippen LogP contribution in [0.1, 0.15) is 19.2 Å². The molecule has 5 nitrogen and oxygen atoms in total. The van der Waals surface area contributed by atoms with Gasteiger partial charge in [0, 0.05) is 12.1 Å². The number of aromatic nitrogens is 2. The number of rotatable bonds is 4. The average molecular weight is 273 g/mol. The number of hydrogen-bond donors (Lipinski definition) is 0. The van der Waals surface area contributed by atoms with Crippen LogP contribution >= 0.6 is 0 Å². The van der Waals surface area contributed by atoms with Crippen molar-refractivity contribution in [2.75, 3.05) is 20.2 Å². The molecule has 2 aromatic rings. The fourth-order valence-electron chi connectivity index (χ4n) is 2.54. The van der Waals surface area contributed by atoms with Crippen LogP contribution in [0.3, 0.4) is 0 Å². The Morgan fingerprint density at radius 1 is 1.35 bits per heavy atom. The molecule has 1 aromatic carbocycles. The molecule has 20 heavy (non-hydrogen) atoms. The first kappa shape index (κ1) is 13.1. The molecule has 5 heteroatoms. The van der Waals surface area contributed by atoms with Crippen LogP contribution in [0.2, 0.25) is 0 Å². The van der Waals surface area contributed by atoms with Gasteiger partial charge in [-0.15, -0.1) is 0 Å². The van der Waals surface area contributed by atoms with E-state index in [1.54, 1.807) is 7.11 Å². The normalized spacial score (nSPS) is 19.4. The van der Waals surface area contributed by atoms with Gasteiger partial charge in [0.2, 0.25) is 11.7 Å². The number of likely N-dealkylation sites (tertiary alicyclic amines) is 1. The van der Waals surface area contributed by atoms with Gasteiger partial charge in [0.05, 0.1) is 13.7 Å². The minimum atomic E-state index is 0.634. The average Bonchev–Trinajstić information content (AvgIpc) is 3.09. The summed E-state index contributed by atoms with van der Waals surface area (Å²) in [6, 6.07) is 7.66. The predicted molar refractivity (Wildman–Crippen MR) is 75.3 cm³/mol. The molecule has 0 N–H and O–H groups in total. The van der Waals surface area contributed by atoms with Gasteiger partial charge in [0.15, 0.2) is 0 Å². The molecule has 1 aromatic heterocycles. The first-order valence-electron chi connectivity index (χ1n) is 6.94. The minimum Gasteiger partial charge on any atom is -0.497 e. The maximum absolute atomic E-state index is 5.34. The van der Waals surface area contributed by atoms with E-state index in [2.05, 4.69) is 22.0 Å². The molecule has 2 heterocycles. The van der Waals surface area contributed by atoms with Crippen LogP contribution in [0.15, 0.2) is 28.8 Å². The number of nitrogens with zero attached hydrogens (tertiary/aromatic N) is 3. The maximum Gasteiger partial charge on any atom is 0.241 e. The third kappa shape index (κ3) is 2.82. The van der Waals surface area contributed by atoms with Crippen LogP contribution in [-0.4, -0.2) is 35.2 Å². The summed E-state index contributed by atoms with van der Waals surface area (Å²) in [5.74, 6) is 2.90. The van der Waals surface area contributed by atoms with Gasteiger partial charge in [-0.25, -0.2) is 0 Å². The summed E-state index contributed by atoms with van der Waals surface area (Å²) >= 11 is 0. The predicted octanol–water partition coefficient (Wildman–Crippen LogP) is 2.59. The first-order chi connectivity index (χ1) is 9.74. The Morgan fingerprint density at radius 2 is 2.15 bits per heavy atom. The van der Waals surface area contributed by atoms with Crippen LogP contribution in [0, 0.1) is 5.92 Å². The highest BCUT2D eigenvalue weighted by Crippen LogP contribution is 2.21. The highest BCUT2D eigenvalue weighted by molar-refractivity contribution is 5.55. The Bertz CT molecular complexity index is 565. The molecule has 0 radical (unpaired) electrons. The lowest BCUT2D eigenvalue weighted by Gasteiger charge is -2.11. The van der Waals surface area contributed by atoms with E-state index in [1.165, 1.54) is 6.42 Å². The topological polar surface area (TPSA) is 51.4 Å². The molecule has 0 bridgehead atoms. The van der Waals surface area contributed by atoms with E-state index in [0.717, 1.165) is 36.9 Å². The molecule has 1 fully saturated rings. The Hall–Kier alpha value is -1.88. The molecule has 0 spiro atoms. The van der Waals surface area contributed by atoms with E-state index >= 15 is 0 Å². The summed E-state index contributed by atoms with van der Waals surface area (Å²) in [6.45, 7) is 5.24. The monoisotopic (exact) mass is 273 g/mol. The lowest BCUT2D eigenvalue weighted by atomic mass is 10.2. The lowest BCUT2D eigenvalue weighted by molar-refractivity contribution is 0.262. The van der Waals surface area contributed by atoms with Gasteiger partial charge in [-0.05, 0) is 43.1 Å². The largest absolute Gasteiger partial charge is 0.497 e. The van der Waals surface area contributed by atoms with Crippen LogP contribution in [0.4, 0.5) is 0 Å². The van der Waals surface area contributed by atoms with Crippen molar-refractivity contribution in [1.82, 2.24) is 15.0 Å². The van der Waals surface area contributed by atoms with E-state index in [1.807, 2.05) is 24.3 Å². The summed E-state index contributed by atoms with van der Waals surface area (Å²) in [7, 11) is 1.65. The van der Waals surface area contributed by atoms with E-state index in [0.29, 0.717) is 11.7 Å². The molecule has 106 valence electrons. The van der Waals surface area contributed by atoms with Crippen molar-refractivity contribution in [2.24, 2.45) is 5.92 Å². The Kier molecular flexibility index (Phi) is 3.69. The van der Waals surface area contributed by atoms with Crippen molar-refractivity contribution in [1.29, 1.82) is 0 Å². The molecule has 0 aliphatic carbocycles. The quantitative estimate of drug-likeness (QED) is 0.857. The minimum absolute atomic E-state index is 0.634. The zero-order valence-corrected chi connectivity index (χ0v) is 11.9. The second-order valence-electron chi connectivity index (χ2n) is 5.37. The van der Waals surface area contributed by atoms with Crippen LogP contribution in [0.5, 0.6) is 5.75 Å². The second-order valence-corrected chi connectivity index (χ2v) is 5.37. The summed E-state index contributed by atoms with van der Waals surface area (Å²) < 4.78 is 10.5. The molecule has 0 saturated carbocycles. The molecule has 1 aliphatic heterocycles. The first-order valence-corrected chi connectivity index (χ1v) is 6.94. The Labute approximate surface area is 118 Å². The summed E-state index contributed by atoms with van der Waals surface area (Å²) in [5, 5.41) is 4.05. The van der Waals surface area contributed by atoms with Gasteiger partial charge in [-0.3, -0.25) is 4.90 Å². The van der Waals surface area contributed by atoms with Gasteiger partial charge >= 0.3 is 0 Å². The number of methoxy groups -OCH3 is 1. The summed E-state index contributed by atoms with van der Waals surface area (Å²) in [6.07, 6.45) is 1.25. The van der Waals surface area contributed by atoms with Crippen molar-refractivity contribution in [2.45, 2.75) is 19.9 Å².